The minimum absolute atomic E-state index is 0.118. The molecule has 0 bridgehead atoms. The van der Waals surface area contributed by atoms with Gasteiger partial charge in [-0.25, -0.2) is 9.67 Å². The summed E-state index contributed by atoms with van der Waals surface area (Å²) >= 11 is 0. The van der Waals surface area contributed by atoms with E-state index in [1.807, 2.05) is 0 Å². The standard InChI is InChI=1S/C17H17F3N4O3/c1-23-15(25)5-3-13(22-23)16(26)24-8-6-12(7-9-24)27-14-4-2-11(10-21-14)17(18,19)20/h2-5,10,12H,6-9H2,1H3. The number of hydrogen-bond donors (Lipinski definition) is 0. The van der Waals surface area contributed by atoms with Gasteiger partial charge < -0.3 is 9.64 Å². The molecule has 0 N–H and O–H groups in total. The van der Waals surface area contributed by atoms with Gasteiger partial charge in [0.2, 0.25) is 5.88 Å². The maximum atomic E-state index is 12.5. The molecule has 2 aromatic rings. The van der Waals surface area contributed by atoms with Gasteiger partial charge in [0.05, 0.1) is 5.56 Å². The highest BCUT2D eigenvalue weighted by atomic mass is 19.4. The Kier molecular flexibility index (Phi) is 5.15. The van der Waals surface area contributed by atoms with Crippen molar-refractivity contribution in [3.05, 3.63) is 52.1 Å². The Morgan fingerprint density at radius 2 is 1.89 bits per heavy atom. The molecular weight excluding hydrogens is 365 g/mol. The van der Waals surface area contributed by atoms with E-state index < -0.39 is 11.7 Å². The summed E-state index contributed by atoms with van der Waals surface area (Å²) < 4.78 is 44.3. The lowest BCUT2D eigenvalue weighted by atomic mass is 10.1. The fourth-order valence-corrected chi connectivity index (χ4v) is 2.74. The molecule has 1 fully saturated rings. The number of aromatic nitrogens is 3. The summed E-state index contributed by atoms with van der Waals surface area (Å²) in [4.78, 5) is 29.1. The van der Waals surface area contributed by atoms with Gasteiger partial charge in [-0.3, -0.25) is 9.59 Å². The van der Waals surface area contributed by atoms with Gasteiger partial charge in [-0.2, -0.15) is 18.3 Å². The molecule has 3 heterocycles. The van der Waals surface area contributed by atoms with Crippen molar-refractivity contribution in [2.75, 3.05) is 13.1 Å². The maximum absolute atomic E-state index is 12.5. The Balaban J connectivity index is 1.56. The third kappa shape index (κ3) is 4.44. The third-order valence-electron chi connectivity index (χ3n) is 4.26. The van der Waals surface area contributed by atoms with E-state index in [0.29, 0.717) is 25.9 Å². The summed E-state index contributed by atoms with van der Waals surface area (Å²) in [5.41, 5.74) is -0.955. The van der Waals surface area contributed by atoms with E-state index in [9.17, 15) is 22.8 Å². The largest absolute Gasteiger partial charge is 0.474 e. The Hall–Kier alpha value is -2.91. The Bertz CT molecular complexity index is 872. The highest BCUT2D eigenvalue weighted by Gasteiger charge is 2.31. The maximum Gasteiger partial charge on any atom is 0.417 e. The van der Waals surface area contributed by atoms with Crippen LogP contribution >= 0.6 is 0 Å². The first kappa shape index (κ1) is 18.9. The van der Waals surface area contributed by atoms with Crippen molar-refractivity contribution in [2.45, 2.75) is 25.1 Å². The number of hydrogen-bond acceptors (Lipinski definition) is 5. The summed E-state index contributed by atoms with van der Waals surface area (Å²) in [6.45, 7) is 0.823. The lowest BCUT2D eigenvalue weighted by molar-refractivity contribution is -0.137. The molecule has 0 aliphatic carbocycles. The fraction of sp³-hybridized carbons (Fsp3) is 0.412. The number of pyridine rings is 1. The van der Waals surface area contributed by atoms with Gasteiger partial charge in [0.25, 0.3) is 11.5 Å². The van der Waals surface area contributed by atoms with Crippen molar-refractivity contribution in [2.24, 2.45) is 7.05 Å². The van der Waals surface area contributed by atoms with Crippen LogP contribution in [-0.4, -0.2) is 44.8 Å². The smallest absolute Gasteiger partial charge is 0.417 e. The molecule has 0 spiro atoms. The van der Waals surface area contributed by atoms with Crippen LogP contribution in [0.3, 0.4) is 0 Å². The minimum Gasteiger partial charge on any atom is -0.474 e. The molecule has 7 nitrogen and oxygen atoms in total. The quantitative estimate of drug-likeness (QED) is 0.810. The summed E-state index contributed by atoms with van der Waals surface area (Å²) in [5, 5.41) is 3.94. The molecule has 1 aliphatic heterocycles. The van der Waals surface area contributed by atoms with Crippen LogP contribution in [0.15, 0.2) is 35.3 Å². The zero-order chi connectivity index (χ0) is 19.6. The summed E-state index contributed by atoms with van der Waals surface area (Å²) in [7, 11) is 1.47. The average molecular weight is 382 g/mol. The lowest BCUT2D eigenvalue weighted by Gasteiger charge is -2.31. The van der Waals surface area contributed by atoms with Crippen LogP contribution in [0.4, 0.5) is 13.2 Å². The van der Waals surface area contributed by atoms with Gasteiger partial charge in [0.1, 0.15) is 11.8 Å². The van der Waals surface area contributed by atoms with Crippen LogP contribution in [-0.2, 0) is 13.2 Å². The normalized spacial score (nSPS) is 15.6. The number of rotatable bonds is 3. The monoisotopic (exact) mass is 382 g/mol. The molecule has 10 heteroatoms. The van der Waals surface area contributed by atoms with Crippen molar-refractivity contribution in [1.82, 2.24) is 19.7 Å². The molecule has 0 atom stereocenters. The Labute approximate surface area is 152 Å². The van der Waals surface area contributed by atoms with Crippen LogP contribution in [0.5, 0.6) is 5.88 Å². The molecular formula is C17H17F3N4O3. The van der Waals surface area contributed by atoms with Crippen LogP contribution in [0.25, 0.3) is 0 Å². The average Bonchev–Trinajstić information content (AvgIpc) is 2.64. The van der Waals surface area contributed by atoms with E-state index in [4.69, 9.17) is 4.74 Å². The molecule has 0 aromatic carbocycles. The molecule has 144 valence electrons. The fourth-order valence-electron chi connectivity index (χ4n) is 2.74. The highest BCUT2D eigenvalue weighted by molar-refractivity contribution is 5.92. The number of aryl methyl sites for hydroxylation is 1. The van der Waals surface area contributed by atoms with Gasteiger partial charge in [-0.1, -0.05) is 0 Å². The summed E-state index contributed by atoms with van der Waals surface area (Å²) in [5.74, 6) is -0.163. The number of halogens is 3. The van der Waals surface area contributed by atoms with E-state index in [-0.39, 0.29) is 29.1 Å². The minimum atomic E-state index is -4.44. The number of alkyl halides is 3. The Morgan fingerprint density at radius 1 is 1.19 bits per heavy atom. The van der Waals surface area contributed by atoms with Crippen molar-refractivity contribution >= 4 is 5.91 Å². The number of carbonyl (C=O) groups is 1. The van der Waals surface area contributed by atoms with Crippen LogP contribution in [0.2, 0.25) is 0 Å². The topological polar surface area (TPSA) is 77.3 Å². The number of nitrogens with zero attached hydrogens (tertiary/aromatic N) is 4. The Morgan fingerprint density at radius 3 is 2.44 bits per heavy atom. The summed E-state index contributed by atoms with van der Waals surface area (Å²) in [6, 6.07) is 4.78. The van der Waals surface area contributed by atoms with Crippen molar-refractivity contribution < 1.29 is 22.7 Å². The van der Waals surface area contributed by atoms with Crippen LogP contribution < -0.4 is 10.3 Å². The van der Waals surface area contributed by atoms with Crippen molar-refractivity contribution in [1.29, 1.82) is 0 Å². The van der Waals surface area contributed by atoms with Gasteiger partial charge in [-0.15, -0.1) is 0 Å². The van der Waals surface area contributed by atoms with Gasteiger partial charge >= 0.3 is 6.18 Å². The SMILES string of the molecule is Cn1nc(C(=O)N2CCC(Oc3ccc(C(F)(F)F)cn3)CC2)ccc1=O. The lowest BCUT2D eigenvalue weighted by Crippen LogP contribution is -2.42. The van der Waals surface area contributed by atoms with E-state index in [0.717, 1.165) is 16.9 Å². The molecule has 1 amide bonds. The van der Waals surface area contributed by atoms with Crippen molar-refractivity contribution in [3.63, 3.8) is 0 Å². The van der Waals surface area contributed by atoms with E-state index in [1.54, 1.807) is 4.90 Å². The molecule has 1 saturated heterocycles. The number of amides is 1. The predicted octanol–water partition coefficient (Wildman–Crippen LogP) is 1.88. The number of carbonyl (C=O) groups excluding carboxylic acids is 1. The second-order valence-electron chi connectivity index (χ2n) is 6.17. The van der Waals surface area contributed by atoms with E-state index >= 15 is 0 Å². The zero-order valence-corrected chi connectivity index (χ0v) is 14.4. The molecule has 0 saturated carbocycles. The van der Waals surface area contributed by atoms with Gasteiger partial charge in [0.15, 0.2) is 0 Å². The van der Waals surface area contributed by atoms with Gasteiger partial charge in [-0.05, 0) is 12.1 Å². The first-order valence-electron chi connectivity index (χ1n) is 8.27. The van der Waals surface area contributed by atoms with Crippen LogP contribution in [0.1, 0.15) is 28.9 Å². The molecule has 0 unspecified atom stereocenters. The third-order valence-corrected chi connectivity index (χ3v) is 4.26. The van der Waals surface area contributed by atoms with Crippen molar-refractivity contribution in [3.8, 4) is 5.88 Å². The second-order valence-corrected chi connectivity index (χ2v) is 6.17. The molecule has 2 aromatic heterocycles. The number of ether oxygens (including phenoxy) is 1. The van der Waals surface area contributed by atoms with E-state index in [2.05, 4.69) is 10.1 Å². The molecule has 3 rings (SSSR count). The number of likely N-dealkylation sites (tertiary alicyclic amines) is 1. The highest BCUT2D eigenvalue weighted by Crippen LogP contribution is 2.29. The summed E-state index contributed by atoms with van der Waals surface area (Å²) in [6.07, 6.45) is -2.92. The second kappa shape index (κ2) is 7.37. The predicted molar refractivity (Wildman–Crippen MR) is 88.3 cm³/mol. The van der Waals surface area contributed by atoms with Crippen LogP contribution in [0, 0.1) is 0 Å². The molecule has 0 radical (unpaired) electrons. The van der Waals surface area contributed by atoms with E-state index in [1.165, 1.54) is 25.2 Å². The molecule has 27 heavy (non-hydrogen) atoms. The number of piperidine rings is 1. The van der Waals surface area contributed by atoms with Gasteiger partial charge in [0, 0.05) is 51.3 Å². The zero-order valence-electron chi connectivity index (χ0n) is 14.4. The first-order chi connectivity index (χ1) is 12.7. The first-order valence-corrected chi connectivity index (χ1v) is 8.27. The molecule has 1 aliphatic rings.